The summed E-state index contributed by atoms with van der Waals surface area (Å²) in [4.78, 5) is 26.4. The van der Waals surface area contributed by atoms with E-state index in [4.69, 9.17) is 4.74 Å². The standard InChI is InChI=1S/C18H25NO3S/c1-12(17(20)19-14-8-3-2-4-9-14)22-18(21)16-11-13-7-5-6-10-15(13)23-16/h11-12,14H,2-10H2,1H3,(H,19,20)/t12-/m1/s1. The Morgan fingerprint density at radius 2 is 1.91 bits per heavy atom. The fourth-order valence-electron chi connectivity index (χ4n) is 3.43. The predicted octanol–water partition coefficient (Wildman–Crippen LogP) is 3.62. The summed E-state index contributed by atoms with van der Waals surface area (Å²) >= 11 is 1.53. The number of carbonyl (C=O) groups excluding carboxylic acids is 2. The number of thiophene rings is 1. The second-order valence-electron chi connectivity index (χ2n) is 6.66. The Bertz CT molecular complexity index is 551. The van der Waals surface area contributed by atoms with E-state index in [-0.39, 0.29) is 17.9 Å². The van der Waals surface area contributed by atoms with E-state index in [0.29, 0.717) is 4.88 Å². The summed E-state index contributed by atoms with van der Waals surface area (Å²) in [6.45, 7) is 1.66. The van der Waals surface area contributed by atoms with Gasteiger partial charge in [0.2, 0.25) is 0 Å². The van der Waals surface area contributed by atoms with Gasteiger partial charge < -0.3 is 10.1 Å². The molecule has 1 heterocycles. The number of carbonyl (C=O) groups is 2. The Morgan fingerprint density at radius 1 is 1.17 bits per heavy atom. The molecule has 0 unspecified atom stereocenters. The largest absolute Gasteiger partial charge is 0.448 e. The Kier molecular flexibility index (Phi) is 5.36. The summed E-state index contributed by atoms with van der Waals surface area (Å²) in [5.41, 5.74) is 1.28. The van der Waals surface area contributed by atoms with Crippen molar-refractivity contribution in [2.75, 3.05) is 0 Å². The maximum absolute atomic E-state index is 12.3. The maximum Gasteiger partial charge on any atom is 0.349 e. The van der Waals surface area contributed by atoms with Crippen molar-refractivity contribution in [3.8, 4) is 0 Å². The second kappa shape index (κ2) is 7.47. The molecule has 1 aromatic rings. The molecule has 2 aliphatic carbocycles. The highest BCUT2D eigenvalue weighted by Crippen LogP contribution is 2.30. The highest BCUT2D eigenvalue weighted by atomic mass is 32.1. The van der Waals surface area contributed by atoms with Crippen LogP contribution in [0.2, 0.25) is 0 Å². The van der Waals surface area contributed by atoms with Crippen LogP contribution in [0.1, 0.15) is 72.0 Å². The number of esters is 1. The van der Waals surface area contributed by atoms with Crippen LogP contribution in [-0.2, 0) is 22.4 Å². The lowest BCUT2D eigenvalue weighted by Crippen LogP contribution is -2.42. The van der Waals surface area contributed by atoms with Gasteiger partial charge in [-0.1, -0.05) is 19.3 Å². The second-order valence-corrected chi connectivity index (χ2v) is 7.79. The smallest absolute Gasteiger partial charge is 0.349 e. The van der Waals surface area contributed by atoms with Gasteiger partial charge in [-0.25, -0.2) is 4.79 Å². The molecule has 2 aliphatic rings. The summed E-state index contributed by atoms with van der Waals surface area (Å²) in [6, 6.07) is 2.19. The molecule has 0 radical (unpaired) electrons. The zero-order valence-corrected chi connectivity index (χ0v) is 14.5. The predicted molar refractivity (Wildman–Crippen MR) is 90.9 cm³/mol. The summed E-state index contributed by atoms with van der Waals surface area (Å²) < 4.78 is 5.38. The third-order valence-corrected chi connectivity index (χ3v) is 6.02. The first-order chi connectivity index (χ1) is 11.1. The van der Waals surface area contributed by atoms with Gasteiger partial charge in [-0.05, 0) is 57.1 Å². The van der Waals surface area contributed by atoms with Gasteiger partial charge in [-0.3, -0.25) is 4.79 Å². The molecule has 1 amide bonds. The van der Waals surface area contributed by atoms with Crippen LogP contribution in [0.5, 0.6) is 0 Å². The maximum atomic E-state index is 12.3. The van der Waals surface area contributed by atoms with Crippen molar-refractivity contribution >= 4 is 23.2 Å². The molecule has 5 heteroatoms. The minimum Gasteiger partial charge on any atom is -0.448 e. The molecular formula is C18H25NO3S. The van der Waals surface area contributed by atoms with Crippen molar-refractivity contribution in [1.82, 2.24) is 5.32 Å². The molecule has 0 aromatic carbocycles. The van der Waals surface area contributed by atoms with E-state index >= 15 is 0 Å². The van der Waals surface area contributed by atoms with Crippen molar-refractivity contribution in [2.24, 2.45) is 0 Å². The summed E-state index contributed by atoms with van der Waals surface area (Å²) in [5, 5.41) is 3.01. The molecule has 0 aliphatic heterocycles. The van der Waals surface area contributed by atoms with Crippen LogP contribution in [-0.4, -0.2) is 24.0 Å². The summed E-state index contributed by atoms with van der Waals surface area (Å²) in [7, 11) is 0. The highest BCUT2D eigenvalue weighted by molar-refractivity contribution is 7.14. The third-order valence-electron chi connectivity index (χ3n) is 4.80. The zero-order chi connectivity index (χ0) is 16.2. The van der Waals surface area contributed by atoms with Gasteiger partial charge in [0.05, 0.1) is 0 Å². The monoisotopic (exact) mass is 335 g/mol. The van der Waals surface area contributed by atoms with Crippen molar-refractivity contribution in [2.45, 2.75) is 76.9 Å². The van der Waals surface area contributed by atoms with E-state index in [0.717, 1.165) is 25.7 Å². The molecule has 1 atom stereocenters. The minimum atomic E-state index is -0.733. The van der Waals surface area contributed by atoms with Gasteiger partial charge >= 0.3 is 5.97 Å². The molecular weight excluding hydrogens is 310 g/mol. The lowest BCUT2D eigenvalue weighted by atomic mass is 9.95. The fraction of sp³-hybridized carbons (Fsp3) is 0.667. The number of aryl methyl sites for hydroxylation is 2. The van der Waals surface area contributed by atoms with Crippen LogP contribution >= 0.6 is 11.3 Å². The van der Waals surface area contributed by atoms with E-state index in [1.807, 2.05) is 6.07 Å². The molecule has 4 nitrogen and oxygen atoms in total. The average molecular weight is 335 g/mol. The Morgan fingerprint density at radius 3 is 2.65 bits per heavy atom. The number of nitrogens with one attached hydrogen (secondary N) is 1. The van der Waals surface area contributed by atoms with E-state index < -0.39 is 6.10 Å². The van der Waals surface area contributed by atoms with E-state index in [1.165, 1.54) is 53.9 Å². The van der Waals surface area contributed by atoms with Gasteiger partial charge in [0, 0.05) is 10.9 Å². The summed E-state index contributed by atoms with van der Waals surface area (Å²) in [6.07, 6.45) is 9.42. The molecule has 1 N–H and O–H groups in total. The highest BCUT2D eigenvalue weighted by Gasteiger charge is 2.24. The van der Waals surface area contributed by atoms with Crippen LogP contribution in [0.15, 0.2) is 6.07 Å². The summed E-state index contributed by atoms with van der Waals surface area (Å²) in [5.74, 6) is -0.540. The first-order valence-electron chi connectivity index (χ1n) is 8.76. The topological polar surface area (TPSA) is 55.4 Å². The molecule has 3 rings (SSSR count). The number of hydrogen-bond acceptors (Lipinski definition) is 4. The van der Waals surface area contributed by atoms with E-state index in [9.17, 15) is 9.59 Å². The van der Waals surface area contributed by atoms with Gasteiger partial charge in [-0.15, -0.1) is 11.3 Å². The molecule has 0 spiro atoms. The van der Waals surface area contributed by atoms with Crippen LogP contribution in [0, 0.1) is 0 Å². The van der Waals surface area contributed by atoms with Crippen LogP contribution in [0.3, 0.4) is 0 Å². The van der Waals surface area contributed by atoms with Crippen molar-refractivity contribution in [3.63, 3.8) is 0 Å². The van der Waals surface area contributed by atoms with Crippen LogP contribution in [0.4, 0.5) is 0 Å². The molecule has 1 fully saturated rings. The quantitative estimate of drug-likeness (QED) is 0.855. The van der Waals surface area contributed by atoms with Crippen LogP contribution in [0.25, 0.3) is 0 Å². The molecule has 1 saturated carbocycles. The average Bonchev–Trinajstić information content (AvgIpc) is 3.00. The number of fused-ring (bicyclic) bond motifs is 1. The van der Waals surface area contributed by atoms with Gasteiger partial charge in [0.1, 0.15) is 4.88 Å². The van der Waals surface area contributed by atoms with E-state index in [2.05, 4.69) is 5.32 Å². The first-order valence-corrected chi connectivity index (χ1v) is 9.58. The number of amides is 1. The SMILES string of the molecule is C[C@@H](OC(=O)c1cc2c(s1)CCCC2)C(=O)NC1CCCCC1. The minimum absolute atomic E-state index is 0.174. The van der Waals surface area contributed by atoms with Crippen molar-refractivity contribution < 1.29 is 14.3 Å². The Balaban J connectivity index is 1.54. The normalized spacial score (nSPS) is 19.7. The number of hydrogen-bond donors (Lipinski definition) is 1. The van der Waals surface area contributed by atoms with Gasteiger partial charge in [-0.2, -0.15) is 0 Å². The van der Waals surface area contributed by atoms with E-state index in [1.54, 1.807) is 6.92 Å². The lowest BCUT2D eigenvalue weighted by Gasteiger charge is -2.24. The molecule has 1 aromatic heterocycles. The molecule has 126 valence electrons. The van der Waals surface area contributed by atoms with Gasteiger partial charge in [0.15, 0.2) is 6.10 Å². The van der Waals surface area contributed by atoms with Gasteiger partial charge in [0.25, 0.3) is 5.91 Å². The zero-order valence-electron chi connectivity index (χ0n) is 13.7. The van der Waals surface area contributed by atoms with Crippen molar-refractivity contribution in [3.05, 3.63) is 21.4 Å². The first kappa shape index (κ1) is 16.5. The van der Waals surface area contributed by atoms with Crippen molar-refractivity contribution in [1.29, 1.82) is 0 Å². The Hall–Kier alpha value is -1.36. The number of rotatable bonds is 4. The number of ether oxygens (including phenoxy) is 1. The lowest BCUT2D eigenvalue weighted by molar-refractivity contribution is -0.130. The third kappa shape index (κ3) is 4.14. The van der Waals surface area contributed by atoms with Crippen LogP contribution < -0.4 is 5.32 Å². The molecule has 0 saturated heterocycles. The molecule has 23 heavy (non-hydrogen) atoms. The molecule has 0 bridgehead atoms. The fourth-order valence-corrected chi connectivity index (χ4v) is 4.57. The Labute approximate surface area is 141 Å².